The Bertz CT molecular complexity index is 568. The Morgan fingerprint density at radius 3 is 2.46 bits per heavy atom. The second-order valence-electron chi connectivity index (χ2n) is 5.70. The molecular formula is C17H23N3O4. The van der Waals surface area contributed by atoms with Gasteiger partial charge >= 0.3 is 0 Å². The van der Waals surface area contributed by atoms with Crippen molar-refractivity contribution in [1.29, 1.82) is 0 Å². The fourth-order valence-corrected chi connectivity index (χ4v) is 2.63. The van der Waals surface area contributed by atoms with Crippen LogP contribution < -0.4 is 10.6 Å². The number of amides is 3. The number of hydrogen-bond acceptors (Lipinski definition) is 4. The van der Waals surface area contributed by atoms with E-state index in [4.69, 9.17) is 4.74 Å². The predicted molar refractivity (Wildman–Crippen MR) is 88.4 cm³/mol. The monoisotopic (exact) mass is 333 g/mol. The summed E-state index contributed by atoms with van der Waals surface area (Å²) in [6.07, 6.45) is 1.40. The predicted octanol–water partition coefficient (Wildman–Crippen LogP) is 0.170. The van der Waals surface area contributed by atoms with Crippen LogP contribution >= 0.6 is 0 Å². The second kappa shape index (κ2) is 9.02. The number of nitrogens with zero attached hydrogens (tertiary/aromatic N) is 1. The molecule has 2 N–H and O–H groups in total. The topological polar surface area (TPSA) is 87.7 Å². The van der Waals surface area contributed by atoms with Gasteiger partial charge in [0.2, 0.25) is 11.8 Å². The average Bonchev–Trinajstić information content (AvgIpc) is 2.61. The SMILES string of the molecule is COCC(=O)NC1CCN(C(=O)CNC(=O)c2ccccc2)CC1. The summed E-state index contributed by atoms with van der Waals surface area (Å²) >= 11 is 0. The fourth-order valence-electron chi connectivity index (χ4n) is 2.63. The molecular weight excluding hydrogens is 310 g/mol. The molecule has 1 saturated heterocycles. The summed E-state index contributed by atoms with van der Waals surface area (Å²) < 4.78 is 4.78. The van der Waals surface area contributed by atoms with Crippen molar-refractivity contribution in [3.8, 4) is 0 Å². The highest BCUT2D eigenvalue weighted by Crippen LogP contribution is 2.10. The third-order valence-electron chi connectivity index (χ3n) is 3.92. The zero-order valence-corrected chi connectivity index (χ0v) is 13.8. The first kappa shape index (κ1) is 17.9. The minimum Gasteiger partial charge on any atom is -0.375 e. The van der Waals surface area contributed by atoms with Gasteiger partial charge in [0.1, 0.15) is 6.61 Å². The number of benzene rings is 1. The van der Waals surface area contributed by atoms with Crippen molar-refractivity contribution in [3.63, 3.8) is 0 Å². The minimum atomic E-state index is -0.259. The van der Waals surface area contributed by atoms with Crippen LogP contribution in [0.5, 0.6) is 0 Å². The molecule has 0 radical (unpaired) electrons. The summed E-state index contributed by atoms with van der Waals surface area (Å²) in [5, 5.41) is 5.52. The van der Waals surface area contributed by atoms with Crippen LogP contribution in [-0.4, -0.2) is 62.0 Å². The first-order valence-corrected chi connectivity index (χ1v) is 7.99. The molecule has 0 bridgehead atoms. The maximum Gasteiger partial charge on any atom is 0.251 e. The van der Waals surface area contributed by atoms with Gasteiger partial charge in [-0.05, 0) is 25.0 Å². The van der Waals surface area contributed by atoms with Crippen molar-refractivity contribution in [3.05, 3.63) is 35.9 Å². The Hall–Kier alpha value is -2.41. The minimum absolute atomic E-state index is 0.0194. The zero-order valence-electron chi connectivity index (χ0n) is 13.8. The van der Waals surface area contributed by atoms with Crippen molar-refractivity contribution < 1.29 is 19.1 Å². The summed E-state index contributed by atoms with van der Waals surface area (Å²) in [6.45, 7) is 1.16. The number of piperidine rings is 1. The zero-order chi connectivity index (χ0) is 17.4. The molecule has 1 heterocycles. The molecule has 2 rings (SSSR count). The number of nitrogens with one attached hydrogen (secondary N) is 2. The Kier molecular flexibility index (Phi) is 6.74. The van der Waals surface area contributed by atoms with E-state index in [2.05, 4.69) is 10.6 Å². The number of likely N-dealkylation sites (tertiary alicyclic amines) is 1. The van der Waals surface area contributed by atoms with Crippen LogP contribution in [0.1, 0.15) is 23.2 Å². The number of hydrogen-bond donors (Lipinski definition) is 2. The second-order valence-corrected chi connectivity index (χ2v) is 5.70. The van der Waals surface area contributed by atoms with E-state index in [0.717, 1.165) is 0 Å². The summed E-state index contributed by atoms with van der Waals surface area (Å²) in [7, 11) is 1.48. The molecule has 0 atom stereocenters. The first-order valence-electron chi connectivity index (χ1n) is 7.99. The summed E-state index contributed by atoms with van der Waals surface area (Å²) in [5.41, 5.74) is 0.532. The Morgan fingerprint density at radius 2 is 1.83 bits per heavy atom. The van der Waals surface area contributed by atoms with Gasteiger partial charge in [0.25, 0.3) is 5.91 Å². The molecule has 24 heavy (non-hydrogen) atoms. The number of ether oxygens (including phenoxy) is 1. The van der Waals surface area contributed by atoms with E-state index in [1.807, 2.05) is 6.07 Å². The number of methoxy groups -OCH3 is 1. The highest BCUT2D eigenvalue weighted by Gasteiger charge is 2.23. The van der Waals surface area contributed by atoms with E-state index in [-0.39, 0.29) is 36.9 Å². The largest absolute Gasteiger partial charge is 0.375 e. The molecule has 130 valence electrons. The highest BCUT2D eigenvalue weighted by molar-refractivity contribution is 5.96. The summed E-state index contributed by atoms with van der Waals surface area (Å²) in [5.74, 6) is -0.510. The summed E-state index contributed by atoms with van der Waals surface area (Å²) in [6, 6.07) is 8.86. The van der Waals surface area contributed by atoms with Crippen LogP contribution in [0.15, 0.2) is 30.3 Å². The molecule has 7 nitrogen and oxygen atoms in total. The molecule has 0 aliphatic carbocycles. The van der Waals surface area contributed by atoms with Crippen LogP contribution in [0.4, 0.5) is 0 Å². The number of carbonyl (C=O) groups is 3. The van der Waals surface area contributed by atoms with Crippen molar-refractivity contribution >= 4 is 17.7 Å². The van der Waals surface area contributed by atoms with Gasteiger partial charge in [-0.25, -0.2) is 0 Å². The van der Waals surface area contributed by atoms with Crippen molar-refractivity contribution in [2.45, 2.75) is 18.9 Å². The molecule has 1 fully saturated rings. The lowest BCUT2D eigenvalue weighted by atomic mass is 10.0. The van der Waals surface area contributed by atoms with Gasteiger partial charge in [0, 0.05) is 31.8 Å². The van der Waals surface area contributed by atoms with E-state index in [0.29, 0.717) is 31.5 Å². The quantitative estimate of drug-likeness (QED) is 0.777. The van der Waals surface area contributed by atoms with E-state index in [1.165, 1.54) is 7.11 Å². The van der Waals surface area contributed by atoms with Crippen LogP contribution in [-0.2, 0) is 14.3 Å². The van der Waals surface area contributed by atoms with Crippen molar-refractivity contribution in [2.24, 2.45) is 0 Å². The lowest BCUT2D eigenvalue weighted by Crippen LogP contribution is -2.49. The fraction of sp³-hybridized carbons (Fsp3) is 0.471. The molecule has 0 spiro atoms. The molecule has 0 saturated carbocycles. The van der Waals surface area contributed by atoms with Gasteiger partial charge < -0.3 is 20.3 Å². The molecule has 1 aromatic rings. The van der Waals surface area contributed by atoms with Crippen molar-refractivity contribution in [1.82, 2.24) is 15.5 Å². The average molecular weight is 333 g/mol. The maximum atomic E-state index is 12.2. The number of rotatable bonds is 6. The van der Waals surface area contributed by atoms with Crippen LogP contribution in [0.2, 0.25) is 0 Å². The van der Waals surface area contributed by atoms with Gasteiger partial charge in [-0.1, -0.05) is 18.2 Å². The Morgan fingerprint density at radius 1 is 1.17 bits per heavy atom. The van der Waals surface area contributed by atoms with Crippen LogP contribution in [0, 0.1) is 0 Å². The first-order chi connectivity index (χ1) is 11.6. The molecule has 0 unspecified atom stereocenters. The summed E-state index contributed by atoms with van der Waals surface area (Å²) in [4.78, 5) is 37.3. The standard InChI is InChI=1S/C17H23N3O4/c1-24-12-15(21)19-14-7-9-20(10-8-14)16(22)11-18-17(23)13-5-3-2-4-6-13/h2-6,14H,7-12H2,1H3,(H,18,23)(H,19,21). The van der Waals surface area contributed by atoms with Crippen LogP contribution in [0.25, 0.3) is 0 Å². The van der Waals surface area contributed by atoms with Gasteiger partial charge in [-0.2, -0.15) is 0 Å². The molecule has 3 amide bonds. The van der Waals surface area contributed by atoms with Gasteiger partial charge in [-0.15, -0.1) is 0 Å². The highest BCUT2D eigenvalue weighted by atomic mass is 16.5. The molecule has 1 aliphatic heterocycles. The third-order valence-corrected chi connectivity index (χ3v) is 3.92. The van der Waals surface area contributed by atoms with E-state index >= 15 is 0 Å². The smallest absolute Gasteiger partial charge is 0.251 e. The van der Waals surface area contributed by atoms with E-state index in [1.54, 1.807) is 29.2 Å². The molecule has 1 aromatic carbocycles. The molecule has 1 aliphatic rings. The number of carbonyl (C=O) groups excluding carboxylic acids is 3. The Balaban J connectivity index is 1.71. The molecule has 7 heteroatoms. The van der Waals surface area contributed by atoms with Crippen molar-refractivity contribution in [2.75, 3.05) is 33.4 Å². The lowest BCUT2D eigenvalue weighted by Gasteiger charge is -2.32. The van der Waals surface area contributed by atoms with Crippen LogP contribution in [0.3, 0.4) is 0 Å². The van der Waals surface area contributed by atoms with Gasteiger partial charge in [-0.3, -0.25) is 14.4 Å². The van der Waals surface area contributed by atoms with E-state index in [9.17, 15) is 14.4 Å². The van der Waals surface area contributed by atoms with E-state index < -0.39 is 0 Å². The van der Waals surface area contributed by atoms with Gasteiger partial charge in [0.15, 0.2) is 0 Å². The third kappa shape index (κ3) is 5.34. The maximum absolute atomic E-state index is 12.2. The Labute approximate surface area is 141 Å². The normalized spacial score (nSPS) is 15.0. The molecule has 0 aromatic heterocycles. The van der Waals surface area contributed by atoms with Gasteiger partial charge in [0.05, 0.1) is 6.54 Å². The lowest BCUT2D eigenvalue weighted by molar-refractivity contribution is -0.131.